The highest BCUT2D eigenvalue weighted by atomic mass is 16.5. The molecule has 15 heteroatoms. The van der Waals surface area contributed by atoms with Gasteiger partial charge in [0, 0.05) is 32.7 Å². The van der Waals surface area contributed by atoms with E-state index in [4.69, 9.17) is 43.7 Å². The molecule has 6 atom stereocenters. The first-order chi connectivity index (χ1) is 28.0. The molecule has 0 fully saturated rings. The number of nitrogens with one attached hydrogen (secondary N) is 2. The Morgan fingerprint density at radius 1 is 0.483 bits per heavy atom. The van der Waals surface area contributed by atoms with Crippen molar-refractivity contribution in [2.24, 2.45) is 11.8 Å². The third kappa shape index (κ3) is 55.9. The van der Waals surface area contributed by atoms with E-state index in [0.29, 0.717) is 104 Å². The van der Waals surface area contributed by atoms with Crippen LogP contribution in [-0.4, -0.2) is 198 Å². The molecule has 0 aliphatic heterocycles. The Kier molecular flexibility index (Phi) is 57.0. The van der Waals surface area contributed by atoms with Crippen LogP contribution in [0.15, 0.2) is 75.9 Å². The summed E-state index contributed by atoms with van der Waals surface area (Å²) in [6, 6.07) is 0. The highest BCUT2D eigenvalue weighted by Gasteiger charge is 2.16. The first kappa shape index (κ1) is 62.5. The number of aliphatic hydroxyl groups is 6. The van der Waals surface area contributed by atoms with E-state index in [1.54, 1.807) is 41.4 Å². The number of aliphatic hydroxyl groups excluding tert-OH is 6. The van der Waals surface area contributed by atoms with Gasteiger partial charge >= 0.3 is 0 Å². The Labute approximate surface area is 351 Å². The van der Waals surface area contributed by atoms with Crippen molar-refractivity contribution in [2.45, 2.75) is 51.6 Å². The van der Waals surface area contributed by atoms with E-state index >= 15 is 0 Å². The number of rotatable bonds is 39. The Morgan fingerprint density at radius 2 is 0.828 bits per heavy atom. The highest BCUT2D eigenvalue weighted by Crippen LogP contribution is 1.99. The van der Waals surface area contributed by atoms with E-state index in [9.17, 15) is 15.3 Å². The summed E-state index contributed by atoms with van der Waals surface area (Å²) in [6.07, 6.45) is 8.64. The lowest BCUT2D eigenvalue weighted by atomic mass is 10.2. The minimum absolute atomic E-state index is 0.0412. The maximum absolute atomic E-state index is 9.79. The van der Waals surface area contributed by atoms with E-state index in [-0.39, 0.29) is 32.5 Å². The van der Waals surface area contributed by atoms with Crippen molar-refractivity contribution >= 4 is 0 Å². The molecule has 0 aromatic carbocycles. The van der Waals surface area contributed by atoms with Crippen LogP contribution in [0.5, 0.6) is 0 Å². The fraction of sp³-hybridized carbons (Fsp3) is 0.721. The number of hydrogen-bond acceptors (Lipinski definition) is 15. The first-order valence-electron chi connectivity index (χ1n) is 20.2. The lowest BCUT2D eigenvalue weighted by Crippen LogP contribution is -2.42. The minimum Gasteiger partial charge on any atom is -0.395 e. The second-order valence-electron chi connectivity index (χ2n) is 13.3. The molecule has 0 radical (unpaired) electrons. The predicted molar refractivity (Wildman–Crippen MR) is 235 cm³/mol. The van der Waals surface area contributed by atoms with Crippen molar-refractivity contribution < 1.29 is 59.1 Å². The van der Waals surface area contributed by atoms with Gasteiger partial charge in [0.2, 0.25) is 0 Å². The molecular formula is C43H85N3O12. The first-order valence-corrected chi connectivity index (χ1v) is 20.2. The summed E-state index contributed by atoms with van der Waals surface area (Å²) in [5.41, 5.74) is 0. The van der Waals surface area contributed by atoms with Crippen LogP contribution in [0.2, 0.25) is 0 Å². The molecule has 0 heterocycles. The van der Waals surface area contributed by atoms with Gasteiger partial charge in [0.1, 0.15) is 0 Å². The molecule has 15 nitrogen and oxygen atoms in total. The predicted octanol–water partition coefficient (Wildman–Crippen LogP) is 1.75. The summed E-state index contributed by atoms with van der Waals surface area (Å²) in [6.45, 7) is 36.9. The third-order valence-electron chi connectivity index (χ3n) is 6.94. The Hall–Kier alpha value is -2.16. The van der Waals surface area contributed by atoms with Crippen molar-refractivity contribution in [1.82, 2.24) is 15.5 Å². The largest absolute Gasteiger partial charge is 0.395 e. The van der Waals surface area contributed by atoms with Crippen LogP contribution in [0.4, 0.5) is 0 Å². The van der Waals surface area contributed by atoms with Crippen molar-refractivity contribution in [3.63, 3.8) is 0 Å². The standard InChI is InChI=1S/C14H27NO5.C13H25NO3.C9H19NO2.C7H14O2/c1-3-7-19-11-13(17)9-15(5-6-16)10-14(18)12-20-8-4-2;1-4-6-16-10-12(3)8-14-9-13(15)11-17-7-5-2;1-3-6-12-8-9(2)7-10-4-5-11;1-3-5-9-6-7(8)4-2/h3-4,13-14,16-18H,1-2,5-12H2;4-5,12-15H,1-2,6-11H2,3H3;3,9-11H,1,4-8H2,2H3;3,7-8H,1,4-6H2,2H3. The van der Waals surface area contributed by atoms with Crippen LogP contribution in [0.1, 0.15) is 27.2 Å². The molecule has 0 aromatic heterocycles. The molecule has 0 bridgehead atoms. The zero-order valence-corrected chi connectivity index (χ0v) is 36.3. The molecule has 0 rings (SSSR count). The molecule has 0 saturated carbocycles. The van der Waals surface area contributed by atoms with Crippen molar-refractivity contribution in [1.29, 1.82) is 0 Å². The molecule has 6 unspecified atom stereocenters. The van der Waals surface area contributed by atoms with Crippen molar-refractivity contribution in [3.05, 3.63) is 75.9 Å². The van der Waals surface area contributed by atoms with Gasteiger partial charge < -0.3 is 69.7 Å². The zero-order valence-electron chi connectivity index (χ0n) is 36.3. The van der Waals surface area contributed by atoms with Gasteiger partial charge in [-0.1, -0.05) is 57.2 Å². The molecule has 0 aliphatic carbocycles. The van der Waals surface area contributed by atoms with Gasteiger partial charge in [-0.2, -0.15) is 0 Å². The van der Waals surface area contributed by atoms with E-state index in [2.05, 4.69) is 64.0 Å². The summed E-state index contributed by atoms with van der Waals surface area (Å²) in [5, 5.41) is 61.8. The Balaban J connectivity index is -0.000000349. The minimum atomic E-state index is -0.678. The topological polar surface area (TPSA) is 204 Å². The fourth-order valence-corrected chi connectivity index (χ4v) is 4.17. The normalized spacial score (nSPS) is 13.8. The summed E-state index contributed by atoms with van der Waals surface area (Å²) < 4.78 is 31.0. The van der Waals surface area contributed by atoms with Crippen LogP contribution < -0.4 is 10.6 Å². The van der Waals surface area contributed by atoms with E-state index in [1.807, 2.05) is 6.92 Å². The van der Waals surface area contributed by atoms with Gasteiger partial charge in [0.05, 0.1) is 117 Å². The summed E-state index contributed by atoms with van der Waals surface area (Å²) >= 11 is 0. The molecular weight excluding hydrogens is 750 g/mol. The van der Waals surface area contributed by atoms with Crippen LogP contribution in [-0.2, 0) is 28.4 Å². The second-order valence-corrected chi connectivity index (χ2v) is 13.3. The molecule has 58 heavy (non-hydrogen) atoms. The number of hydrogen-bond donors (Lipinski definition) is 8. The summed E-state index contributed by atoms with van der Waals surface area (Å²) in [5.74, 6) is 0.896. The molecule has 344 valence electrons. The maximum Gasteiger partial charge on any atom is 0.0900 e. The summed E-state index contributed by atoms with van der Waals surface area (Å²) in [4.78, 5) is 1.77. The monoisotopic (exact) mass is 836 g/mol. The van der Waals surface area contributed by atoms with Crippen molar-refractivity contribution in [3.8, 4) is 0 Å². The fourth-order valence-electron chi connectivity index (χ4n) is 4.17. The quantitative estimate of drug-likeness (QED) is 0.0329. The SMILES string of the molecule is C=CCOCC(C)CNCC(O)COCC=C.C=CCOCC(C)CNCCO.C=CCOCC(O)CC.C=CCOCC(O)CN(CCO)CC(O)COCC=C. The van der Waals surface area contributed by atoms with Crippen molar-refractivity contribution in [2.75, 3.05) is 138 Å². The van der Waals surface area contributed by atoms with Crippen LogP contribution in [0, 0.1) is 11.8 Å². The molecule has 0 aromatic rings. The van der Waals surface area contributed by atoms with Gasteiger partial charge in [-0.3, -0.25) is 4.90 Å². The van der Waals surface area contributed by atoms with Gasteiger partial charge in [0.15, 0.2) is 0 Å². The highest BCUT2D eigenvalue weighted by molar-refractivity contribution is 4.72. The van der Waals surface area contributed by atoms with Gasteiger partial charge in [-0.15, -0.1) is 39.5 Å². The molecule has 0 spiro atoms. The van der Waals surface area contributed by atoms with E-state index in [1.165, 1.54) is 0 Å². The molecule has 0 aliphatic rings. The Bertz CT molecular complexity index is 848. The van der Waals surface area contributed by atoms with E-state index < -0.39 is 18.3 Å². The number of ether oxygens (including phenoxy) is 6. The van der Waals surface area contributed by atoms with E-state index in [0.717, 1.165) is 26.1 Å². The smallest absolute Gasteiger partial charge is 0.0900 e. The zero-order chi connectivity index (χ0) is 44.5. The maximum atomic E-state index is 9.79. The van der Waals surface area contributed by atoms with Crippen LogP contribution >= 0.6 is 0 Å². The van der Waals surface area contributed by atoms with Gasteiger partial charge in [-0.25, -0.2) is 0 Å². The third-order valence-corrected chi connectivity index (χ3v) is 6.94. The average Bonchev–Trinajstić information content (AvgIpc) is 3.19. The van der Waals surface area contributed by atoms with Gasteiger partial charge in [-0.05, 0) is 31.3 Å². The molecule has 8 N–H and O–H groups in total. The molecule has 0 saturated heterocycles. The average molecular weight is 836 g/mol. The number of nitrogens with zero attached hydrogens (tertiary/aromatic N) is 1. The summed E-state index contributed by atoms with van der Waals surface area (Å²) in [7, 11) is 0. The van der Waals surface area contributed by atoms with Crippen LogP contribution in [0.3, 0.4) is 0 Å². The lowest BCUT2D eigenvalue weighted by Gasteiger charge is -2.26. The second kappa shape index (κ2) is 52.9. The van der Waals surface area contributed by atoms with Gasteiger partial charge in [0.25, 0.3) is 0 Å². The molecule has 0 amide bonds. The Morgan fingerprint density at radius 3 is 1.17 bits per heavy atom. The van der Waals surface area contributed by atoms with Crippen LogP contribution in [0.25, 0.3) is 0 Å². The lowest BCUT2D eigenvalue weighted by molar-refractivity contribution is -0.00604.